The largest absolute Gasteiger partial charge is 0.493 e. The lowest BCUT2D eigenvalue weighted by Crippen LogP contribution is -2.42. The molecule has 1 heterocycles. The Balaban J connectivity index is 1.59. The number of ketones is 1. The number of allylic oxidation sites excluding steroid dienone is 2. The first-order valence-corrected chi connectivity index (χ1v) is 13.2. The molecule has 2 aliphatic carbocycles. The fraction of sp³-hybridized carbons (Fsp3) is 0.400. The number of ether oxygens (including phenoxy) is 3. The van der Waals surface area contributed by atoms with Crippen LogP contribution < -0.4 is 14.8 Å². The summed E-state index contributed by atoms with van der Waals surface area (Å²) in [6.45, 7) is 4.24. The molecular formula is C30H32ClNO5. The highest BCUT2D eigenvalue weighted by atomic mass is 35.5. The molecule has 1 aliphatic heterocycles. The molecule has 0 bridgehead atoms. The maximum Gasteiger partial charge on any atom is 0.316 e. The van der Waals surface area contributed by atoms with Gasteiger partial charge >= 0.3 is 5.97 Å². The molecule has 2 aromatic carbocycles. The summed E-state index contributed by atoms with van der Waals surface area (Å²) in [6, 6.07) is 13.2. The van der Waals surface area contributed by atoms with Crippen LogP contribution in [0.25, 0.3) is 0 Å². The first-order valence-electron chi connectivity index (χ1n) is 12.8. The van der Waals surface area contributed by atoms with Crippen LogP contribution in [-0.4, -0.2) is 32.1 Å². The first-order chi connectivity index (χ1) is 17.9. The molecular weight excluding hydrogens is 490 g/mol. The normalized spacial score (nSPS) is 23.9. The van der Waals surface area contributed by atoms with Gasteiger partial charge in [0.15, 0.2) is 17.3 Å². The van der Waals surface area contributed by atoms with Crippen molar-refractivity contribution in [2.24, 2.45) is 5.92 Å². The van der Waals surface area contributed by atoms with Crippen LogP contribution in [0.3, 0.4) is 0 Å². The number of para-hydroxylation sites is 1. The molecule has 7 heteroatoms. The van der Waals surface area contributed by atoms with Gasteiger partial charge in [-0.1, -0.05) is 42.4 Å². The molecule has 3 atom stereocenters. The van der Waals surface area contributed by atoms with E-state index in [0.717, 1.165) is 36.9 Å². The Hall–Kier alpha value is -3.25. The molecule has 1 fully saturated rings. The second kappa shape index (κ2) is 10.6. The van der Waals surface area contributed by atoms with E-state index in [9.17, 15) is 9.59 Å². The Bertz CT molecular complexity index is 1250. The lowest BCUT2D eigenvalue weighted by Gasteiger charge is -2.40. The van der Waals surface area contributed by atoms with Crippen LogP contribution in [0, 0.1) is 5.92 Å². The summed E-state index contributed by atoms with van der Waals surface area (Å²) < 4.78 is 17.3. The highest BCUT2D eigenvalue weighted by molar-refractivity contribution is 6.30. The van der Waals surface area contributed by atoms with Gasteiger partial charge in [-0.05, 0) is 61.8 Å². The molecule has 6 nitrogen and oxygen atoms in total. The van der Waals surface area contributed by atoms with Crippen LogP contribution in [-0.2, 0) is 14.3 Å². The SMILES string of the molecule is C=C1NC2=C(C(=O)CC(c3ccc(Cl)cc3)C2)C(c2cccc(OC)c2OC)C1C(=O)OC1CCCC1. The Morgan fingerprint density at radius 3 is 2.43 bits per heavy atom. The second-order valence-electron chi connectivity index (χ2n) is 10.0. The van der Waals surface area contributed by atoms with Crippen molar-refractivity contribution in [2.45, 2.75) is 56.5 Å². The Kier molecular flexibility index (Phi) is 7.29. The summed E-state index contributed by atoms with van der Waals surface area (Å²) >= 11 is 6.09. The number of nitrogens with one attached hydrogen (secondary N) is 1. The van der Waals surface area contributed by atoms with Gasteiger partial charge < -0.3 is 19.5 Å². The van der Waals surface area contributed by atoms with E-state index in [1.165, 1.54) is 0 Å². The number of benzene rings is 2. The molecule has 0 spiro atoms. The summed E-state index contributed by atoms with van der Waals surface area (Å²) in [6.07, 6.45) is 4.68. The topological polar surface area (TPSA) is 73.9 Å². The molecule has 1 saturated carbocycles. The fourth-order valence-electron chi connectivity index (χ4n) is 6.03. The van der Waals surface area contributed by atoms with E-state index < -0.39 is 11.8 Å². The molecule has 0 saturated heterocycles. The van der Waals surface area contributed by atoms with Gasteiger partial charge in [0.1, 0.15) is 12.0 Å². The van der Waals surface area contributed by atoms with Crippen LogP contribution in [0.1, 0.15) is 61.5 Å². The Morgan fingerprint density at radius 2 is 1.76 bits per heavy atom. The van der Waals surface area contributed by atoms with Crippen LogP contribution in [0.2, 0.25) is 5.02 Å². The predicted octanol–water partition coefficient (Wildman–Crippen LogP) is 6.06. The third kappa shape index (κ3) is 4.87. The number of rotatable bonds is 6. The van der Waals surface area contributed by atoms with E-state index >= 15 is 0 Å². The highest BCUT2D eigenvalue weighted by Gasteiger charge is 2.47. The lowest BCUT2D eigenvalue weighted by molar-refractivity contribution is -0.153. The third-order valence-electron chi connectivity index (χ3n) is 7.79. The summed E-state index contributed by atoms with van der Waals surface area (Å²) in [5.74, 6) is -0.691. The monoisotopic (exact) mass is 521 g/mol. The van der Waals surface area contributed by atoms with Gasteiger partial charge in [-0.2, -0.15) is 0 Å². The Morgan fingerprint density at radius 1 is 1.03 bits per heavy atom. The quantitative estimate of drug-likeness (QED) is 0.466. The average molecular weight is 522 g/mol. The van der Waals surface area contributed by atoms with Crippen molar-refractivity contribution < 1.29 is 23.8 Å². The van der Waals surface area contributed by atoms with Gasteiger partial charge in [0.2, 0.25) is 0 Å². The fourth-order valence-corrected chi connectivity index (χ4v) is 6.16. The predicted molar refractivity (Wildman–Crippen MR) is 142 cm³/mol. The summed E-state index contributed by atoms with van der Waals surface area (Å²) in [7, 11) is 3.14. The highest BCUT2D eigenvalue weighted by Crippen LogP contribution is 2.50. The van der Waals surface area contributed by atoms with Crippen molar-refractivity contribution in [3.8, 4) is 11.5 Å². The number of hydrogen-bond acceptors (Lipinski definition) is 6. The van der Waals surface area contributed by atoms with E-state index in [4.69, 9.17) is 25.8 Å². The average Bonchev–Trinajstić information content (AvgIpc) is 3.40. The zero-order chi connectivity index (χ0) is 26.1. The maximum atomic E-state index is 13.9. The number of Topliss-reactive ketones (excluding diaryl/α,β-unsaturated/α-hetero) is 1. The van der Waals surface area contributed by atoms with Crippen molar-refractivity contribution in [1.29, 1.82) is 0 Å². The molecule has 0 aromatic heterocycles. The number of methoxy groups -OCH3 is 2. The van der Waals surface area contributed by atoms with Crippen molar-refractivity contribution in [1.82, 2.24) is 5.32 Å². The molecule has 2 aromatic rings. The molecule has 5 rings (SSSR count). The zero-order valence-electron chi connectivity index (χ0n) is 21.2. The molecule has 3 aliphatic rings. The zero-order valence-corrected chi connectivity index (χ0v) is 22.0. The van der Waals surface area contributed by atoms with Gasteiger partial charge in [0.05, 0.1) is 14.2 Å². The molecule has 194 valence electrons. The third-order valence-corrected chi connectivity index (χ3v) is 8.04. The number of carbonyl (C=O) groups excluding carboxylic acids is 2. The molecule has 37 heavy (non-hydrogen) atoms. The molecule has 0 amide bonds. The van der Waals surface area contributed by atoms with E-state index in [1.807, 2.05) is 36.4 Å². The van der Waals surface area contributed by atoms with Gasteiger partial charge in [-0.3, -0.25) is 9.59 Å². The van der Waals surface area contributed by atoms with E-state index in [-0.39, 0.29) is 23.8 Å². The smallest absolute Gasteiger partial charge is 0.316 e. The minimum Gasteiger partial charge on any atom is -0.493 e. The number of halogens is 1. The lowest BCUT2D eigenvalue weighted by atomic mass is 9.68. The summed E-state index contributed by atoms with van der Waals surface area (Å²) in [5.41, 5.74) is 3.68. The van der Waals surface area contributed by atoms with Gasteiger partial charge in [-0.15, -0.1) is 0 Å². The van der Waals surface area contributed by atoms with Crippen molar-refractivity contribution in [3.63, 3.8) is 0 Å². The van der Waals surface area contributed by atoms with E-state index in [0.29, 0.717) is 46.2 Å². The molecule has 1 N–H and O–H groups in total. The summed E-state index contributed by atoms with van der Waals surface area (Å²) in [5, 5.41) is 4.00. The van der Waals surface area contributed by atoms with Crippen LogP contribution in [0.4, 0.5) is 0 Å². The Labute approximate surface area is 222 Å². The van der Waals surface area contributed by atoms with E-state index in [2.05, 4.69) is 11.9 Å². The standard InChI is InChI=1S/C30H32ClNO5/c1-17-26(30(34)37-21-7-4-5-8-21)27(22-9-6-10-25(35-2)29(22)36-3)28-23(32-17)15-19(16-24(28)33)18-11-13-20(31)14-12-18/h6,9-14,19,21,26-27,32H,1,4-5,7-8,15-16H2,2-3H3. The van der Waals surface area contributed by atoms with Crippen molar-refractivity contribution in [2.75, 3.05) is 14.2 Å². The minimum absolute atomic E-state index is 0.00124. The van der Waals surface area contributed by atoms with Crippen LogP contribution in [0.15, 0.2) is 66.0 Å². The number of esters is 1. The second-order valence-corrected chi connectivity index (χ2v) is 10.4. The number of hydrogen-bond donors (Lipinski definition) is 1. The van der Waals surface area contributed by atoms with Crippen molar-refractivity contribution in [3.05, 3.63) is 82.2 Å². The summed E-state index contributed by atoms with van der Waals surface area (Å²) in [4.78, 5) is 27.5. The maximum absolute atomic E-state index is 13.9. The van der Waals surface area contributed by atoms with Crippen molar-refractivity contribution >= 4 is 23.4 Å². The van der Waals surface area contributed by atoms with Crippen LogP contribution in [0.5, 0.6) is 11.5 Å². The van der Waals surface area contributed by atoms with Crippen LogP contribution >= 0.6 is 11.6 Å². The minimum atomic E-state index is -0.767. The number of carbonyl (C=O) groups is 2. The van der Waals surface area contributed by atoms with E-state index in [1.54, 1.807) is 20.3 Å². The van der Waals surface area contributed by atoms with Gasteiger partial charge in [0.25, 0.3) is 0 Å². The molecule has 3 unspecified atom stereocenters. The van der Waals surface area contributed by atoms with Gasteiger partial charge in [0, 0.05) is 39.9 Å². The molecule has 0 radical (unpaired) electrons. The van der Waals surface area contributed by atoms with Gasteiger partial charge in [-0.25, -0.2) is 0 Å². The first kappa shape index (κ1) is 25.4.